The SMILES string of the molecule is CS(=O)(=O)NCC(=O)N1CCC2(CCCCc3ccccc3OCCN(Cc3ccccn3)C2)CC1. The van der Waals surface area contributed by atoms with Crippen LogP contribution in [0.2, 0.25) is 0 Å². The average molecular weight is 515 g/mol. The number of likely N-dealkylation sites (tertiary alicyclic amines) is 1. The summed E-state index contributed by atoms with van der Waals surface area (Å²) in [7, 11) is -3.39. The van der Waals surface area contributed by atoms with E-state index in [0.717, 1.165) is 75.9 Å². The number of sulfonamides is 1. The number of ether oxygens (including phenoxy) is 1. The molecule has 196 valence electrons. The minimum absolute atomic E-state index is 0.106. The maximum atomic E-state index is 12.6. The third kappa shape index (κ3) is 7.75. The molecule has 0 aliphatic carbocycles. The van der Waals surface area contributed by atoms with E-state index in [1.54, 1.807) is 0 Å². The molecule has 0 bridgehead atoms. The number of rotatable bonds is 5. The molecule has 8 nitrogen and oxygen atoms in total. The molecule has 0 unspecified atom stereocenters. The van der Waals surface area contributed by atoms with Gasteiger partial charge < -0.3 is 9.64 Å². The third-order valence-corrected chi connectivity index (χ3v) is 8.04. The Kier molecular flexibility index (Phi) is 8.98. The predicted molar refractivity (Wildman–Crippen MR) is 140 cm³/mol. The van der Waals surface area contributed by atoms with Crippen molar-refractivity contribution in [2.75, 3.05) is 45.6 Å². The summed E-state index contributed by atoms with van der Waals surface area (Å²) in [6, 6.07) is 14.4. The lowest BCUT2D eigenvalue weighted by atomic mass is 9.73. The maximum Gasteiger partial charge on any atom is 0.237 e. The van der Waals surface area contributed by atoms with Crippen molar-refractivity contribution >= 4 is 15.9 Å². The molecular weight excluding hydrogens is 476 g/mol. The van der Waals surface area contributed by atoms with Crippen LogP contribution in [-0.2, 0) is 27.8 Å². The van der Waals surface area contributed by atoms with Gasteiger partial charge in [-0.15, -0.1) is 0 Å². The average Bonchev–Trinajstić information content (AvgIpc) is 2.86. The van der Waals surface area contributed by atoms with Crippen molar-refractivity contribution in [3.8, 4) is 5.75 Å². The van der Waals surface area contributed by atoms with Gasteiger partial charge in [-0.1, -0.05) is 30.7 Å². The van der Waals surface area contributed by atoms with Gasteiger partial charge in [0.15, 0.2) is 0 Å². The van der Waals surface area contributed by atoms with E-state index in [1.165, 1.54) is 5.56 Å². The lowest BCUT2D eigenvalue weighted by molar-refractivity contribution is -0.132. The molecule has 1 aromatic carbocycles. The van der Waals surface area contributed by atoms with E-state index < -0.39 is 10.0 Å². The molecule has 0 atom stereocenters. The number of hydrogen-bond acceptors (Lipinski definition) is 6. The highest BCUT2D eigenvalue weighted by Gasteiger charge is 2.37. The summed E-state index contributed by atoms with van der Waals surface area (Å²) in [5.41, 5.74) is 2.41. The second-order valence-corrected chi connectivity index (χ2v) is 12.0. The summed E-state index contributed by atoms with van der Waals surface area (Å²) < 4.78 is 31.4. The zero-order valence-electron chi connectivity index (χ0n) is 21.2. The van der Waals surface area contributed by atoms with Gasteiger partial charge in [0.05, 0.1) is 18.5 Å². The highest BCUT2D eigenvalue weighted by Crippen LogP contribution is 2.38. The van der Waals surface area contributed by atoms with Crippen molar-refractivity contribution in [2.45, 2.75) is 45.1 Å². The topological polar surface area (TPSA) is 91.8 Å². The fraction of sp³-hybridized carbons (Fsp3) is 0.556. The zero-order chi connectivity index (χ0) is 25.4. The molecule has 36 heavy (non-hydrogen) atoms. The minimum Gasteiger partial charge on any atom is -0.492 e. The molecule has 1 fully saturated rings. The van der Waals surface area contributed by atoms with Crippen molar-refractivity contribution in [1.29, 1.82) is 0 Å². The lowest BCUT2D eigenvalue weighted by Crippen LogP contribution is -2.50. The monoisotopic (exact) mass is 514 g/mol. The van der Waals surface area contributed by atoms with Gasteiger partial charge in [0.1, 0.15) is 12.4 Å². The molecule has 2 aliphatic heterocycles. The molecule has 9 heteroatoms. The molecule has 0 radical (unpaired) electrons. The van der Waals surface area contributed by atoms with Gasteiger partial charge in [-0.2, -0.15) is 0 Å². The number of carbonyl (C=O) groups is 1. The second-order valence-electron chi connectivity index (χ2n) is 10.2. The number of pyridine rings is 1. The molecule has 3 heterocycles. The Bertz CT molecular complexity index is 1100. The number of benzene rings is 1. The van der Waals surface area contributed by atoms with Crippen molar-refractivity contribution in [1.82, 2.24) is 19.5 Å². The first-order chi connectivity index (χ1) is 17.3. The Balaban J connectivity index is 1.47. The van der Waals surface area contributed by atoms with Crippen LogP contribution in [0, 0.1) is 5.41 Å². The number of nitrogens with zero attached hydrogens (tertiary/aromatic N) is 3. The molecule has 2 aliphatic rings. The van der Waals surface area contributed by atoms with E-state index in [-0.39, 0.29) is 17.9 Å². The normalized spacial score (nSPS) is 19.5. The first-order valence-corrected chi connectivity index (χ1v) is 14.8. The Morgan fingerprint density at radius 2 is 1.83 bits per heavy atom. The molecule has 1 amide bonds. The van der Waals surface area contributed by atoms with Gasteiger partial charge in [0.2, 0.25) is 15.9 Å². The standard InChI is InChI=1S/C27H38N4O4S/c1-36(33,34)29-20-26(32)31-16-13-27(14-17-31)12-6-4-9-23-8-2-3-11-25(23)35-19-18-30(22-27)21-24-10-5-7-15-28-24/h2-3,5,7-8,10-11,15,29H,4,6,9,12-14,16-22H2,1H3. The Labute approximate surface area is 215 Å². The van der Waals surface area contributed by atoms with Crippen LogP contribution in [0.5, 0.6) is 5.75 Å². The number of para-hydroxylation sites is 1. The van der Waals surface area contributed by atoms with Crippen LogP contribution in [0.4, 0.5) is 0 Å². The van der Waals surface area contributed by atoms with Crippen LogP contribution in [0.15, 0.2) is 48.7 Å². The summed E-state index contributed by atoms with van der Waals surface area (Å²) in [6.07, 6.45) is 9.07. The number of nitrogens with one attached hydrogen (secondary N) is 1. The number of aryl methyl sites for hydroxylation is 1. The molecule has 1 spiro atoms. The summed E-state index contributed by atoms with van der Waals surface area (Å²) >= 11 is 0. The highest BCUT2D eigenvalue weighted by atomic mass is 32.2. The number of piperidine rings is 1. The summed E-state index contributed by atoms with van der Waals surface area (Å²) in [6.45, 7) is 4.23. The molecule has 1 aromatic heterocycles. The van der Waals surface area contributed by atoms with Gasteiger partial charge >= 0.3 is 0 Å². The fourth-order valence-electron chi connectivity index (χ4n) is 5.38. The smallest absolute Gasteiger partial charge is 0.237 e. The predicted octanol–water partition coefficient (Wildman–Crippen LogP) is 2.85. The van der Waals surface area contributed by atoms with E-state index in [1.807, 2.05) is 29.3 Å². The van der Waals surface area contributed by atoms with Crippen molar-refractivity contribution < 1.29 is 17.9 Å². The van der Waals surface area contributed by atoms with E-state index in [2.05, 4.69) is 38.9 Å². The van der Waals surface area contributed by atoms with Crippen molar-refractivity contribution in [2.24, 2.45) is 5.41 Å². The molecule has 4 rings (SSSR count). The van der Waals surface area contributed by atoms with Crippen molar-refractivity contribution in [3.05, 3.63) is 59.9 Å². The Morgan fingerprint density at radius 3 is 2.58 bits per heavy atom. The largest absolute Gasteiger partial charge is 0.492 e. The fourth-order valence-corrected chi connectivity index (χ4v) is 5.77. The van der Waals surface area contributed by atoms with E-state index in [9.17, 15) is 13.2 Å². The van der Waals surface area contributed by atoms with E-state index in [0.29, 0.717) is 19.7 Å². The first-order valence-electron chi connectivity index (χ1n) is 12.9. The van der Waals surface area contributed by atoms with Gasteiger partial charge in [0.25, 0.3) is 0 Å². The molecule has 1 N–H and O–H groups in total. The molecule has 2 aromatic rings. The van der Waals surface area contributed by atoms with E-state index in [4.69, 9.17) is 4.74 Å². The lowest BCUT2D eigenvalue weighted by Gasteiger charge is -2.45. The van der Waals surface area contributed by atoms with Crippen LogP contribution < -0.4 is 9.46 Å². The summed E-state index contributed by atoms with van der Waals surface area (Å²) in [5.74, 6) is 0.832. The van der Waals surface area contributed by atoms with Gasteiger partial charge in [-0.05, 0) is 61.3 Å². The quantitative estimate of drug-likeness (QED) is 0.660. The van der Waals surface area contributed by atoms with E-state index >= 15 is 0 Å². The van der Waals surface area contributed by atoms with Gasteiger partial charge in [-0.3, -0.25) is 14.7 Å². The second kappa shape index (κ2) is 12.2. The number of fused-ring (bicyclic) bond motifs is 1. The van der Waals surface area contributed by atoms with Crippen LogP contribution in [0.25, 0.3) is 0 Å². The first kappa shape index (κ1) is 26.6. The maximum absolute atomic E-state index is 12.6. The Hall–Kier alpha value is -2.49. The summed E-state index contributed by atoms with van der Waals surface area (Å²) in [5, 5.41) is 0. The molecule has 1 saturated heterocycles. The molecular formula is C27H38N4O4S. The Morgan fingerprint density at radius 1 is 1.06 bits per heavy atom. The number of hydrogen-bond donors (Lipinski definition) is 1. The minimum atomic E-state index is -3.39. The van der Waals surface area contributed by atoms with Crippen molar-refractivity contribution in [3.63, 3.8) is 0 Å². The number of amides is 1. The third-order valence-electron chi connectivity index (χ3n) is 7.37. The van der Waals surface area contributed by atoms with Crippen LogP contribution in [0.1, 0.15) is 43.4 Å². The number of carbonyl (C=O) groups excluding carboxylic acids is 1. The summed E-state index contributed by atoms with van der Waals surface area (Å²) in [4.78, 5) is 21.4. The van der Waals surface area contributed by atoms with Crippen LogP contribution in [0.3, 0.4) is 0 Å². The zero-order valence-corrected chi connectivity index (χ0v) is 22.0. The highest BCUT2D eigenvalue weighted by molar-refractivity contribution is 7.88. The van der Waals surface area contributed by atoms with Gasteiger partial charge in [-0.25, -0.2) is 13.1 Å². The molecule has 0 saturated carbocycles. The number of aromatic nitrogens is 1. The van der Waals surface area contributed by atoms with Crippen LogP contribution >= 0.6 is 0 Å². The van der Waals surface area contributed by atoms with Gasteiger partial charge in [0, 0.05) is 38.9 Å². The van der Waals surface area contributed by atoms with Crippen LogP contribution in [-0.4, -0.2) is 74.7 Å².